The van der Waals surface area contributed by atoms with E-state index in [1.807, 2.05) is 0 Å². The van der Waals surface area contributed by atoms with Crippen LogP contribution in [0.3, 0.4) is 0 Å². The maximum absolute atomic E-state index is 10.7. The second-order valence-corrected chi connectivity index (χ2v) is 1.87. The molecule has 1 unspecified atom stereocenters. The summed E-state index contributed by atoms with van der Waals surface area (Å²) in [6.45, 7) is 1.96. The van der Waals surface area contributed by atoms with Gasteiger partial charge in [0.25, 0.3) is 0 Å². The first kappa shape index (κ1) is 9.39. The van der Waals surface area contributed by atoms with Crippen LogP contribution < -0.4 is 5.73 Å². The predicted molar refractivity (Wildman–Crippen MR) is 36.3 cm³/mol. The Morgan fingerprint density at radius 3 is 2.80 bits per heavy atom. The topological polar surface area (TPSA) is 72.5 Å². The first-order chi connectivity index (χ1) is 4.72. The van der Waals surface area contributed by atoms with Crippen LogP contribution in [0.15, 0.2) is 0 Å². The van der Waals surface area contributed by atoms with Crippen molar-refractivity contribution < 1.29 is 14.6 Å². The Balaban J connectivity index is 3.49. The van der Waals surface area contributed by atoms with Crippen LogP contribution >= 0.6 is 0 Å². The lowest BCUT2D eigenvalue weighted by atomic mass is 10.2. The molecule has 0 radical (unpaired) electrons. The van der Waals surface area contributed by atoms with Crippen molar-refractivity contribution in [2.45, 2.75) is 19.4 Å². The third-order valence-corrected chi connectivity index (χ3v) is 1.03. The van der Waals surface area contributed by atoms with Crippen LogP contribution in [0, 0.1) is 0 Å². The van der Waals surface area contributed by atoms with Gasteiger partial charge in [-0.05, 0) is 13.3 Å². The molecule has 0 aliphatic heterocycles. The van der Waals surface area contributed by atoms with Crippen molar-refractivity contribution in [3.05, 3.63) is 0 Å². The highest BCUT2D eigenvalue weighted by Gasteiger charge is 2.12. The highest BCUT2D eigenvalue weighted by Crippen LogP contribution is 1.89. The average Bonchev–Trinajstić information content (AvgIpc) is 1.89. The van der Waals surface area contributed by atoms with Gasteiger partial charge in [-0.1, -0.05) is 0 Å². The highest BCUT2D eigenvalue weighted by atomic mass is 16.5. The van der Waals surface area contributed by atoms with E-state index in [1.54, 1.807) is 6.92 Å². The highest BCUT2D eigenvalue weighted by molar-refractivity contribution is 5.75. The van der Waals surface area contributed by atoms with Crippen molar-refractivity contribution in [1.82, 2.24) is 0 Å². The van der Waals surface area contributed by atoms with Crippen LogP contribution in [0.4, 0.5) is 0 Å². The van der Waals surface area contributed by atoms with E-state index in [-0.39, 0.29) is 13.0 Å². The zero-order chi connectivity index (χ0) is 7.98. The largest absolute Gasteiger partial charge is 0.465 e. The third-order valence-electron chi connectivity index (χ3n) is 1.03. The Morgan fingerprint density at radius 2 is 2.40 bits per heavy atom. The number of aliphatic hydroxyl groups excluding tert-OH is 1. The van der Waals surface area contributed by atoms with Crippen LogP contribution in [0.2, 0.25) is 0 Å². The smallest absolute Gasteiger partial charge is 0.322 e. The van der Waals surface area contributed by atoms with Gasteiger partial charge in [0.15, 0.2) is 0 Å². The van der Waals surface area contributed by atoms with E-state index in [0.717, 1.165) is 0 Å². The molecule has 0 bridgehead atoms. The molecule has 0 aromatic rings. The quantitative estimate of drug-likeness (QED) is 0.514. The summed E-state index contributed by atoms with van der Waals surface area (Å²) in [6.07, 6.45) is 0.263. The van der Waals surface area contributed by atoms with E-state index in [9.17, 15) is 4.79 Å². The van der Waals surface area contributed by atoms with Gasteiger partial charge in [0, 0.05) is 6.61 Å². The normalized spacial score (nSPS) is 12.7. The number of hydrogen-bond acceptors (Lipinski definition) is 4. The number of aliphatic hydroxyl groups is 1. The number of hydrogen-bond donors (Lipinski definition) is 2. The summed E-state index contributed by atoms with van der Waals surface area (Å²) >= 11 is 0. The van der Waals surface area contributed by atoms with E-state index in [0.29, 0.717) is 6.61 Å². The maximum atomic E-state index is 10.7. The lowest BCUT2D eigenvalue weighted by molar-refractivity contribution is -0.145. The molecular formula is C6H13NO3. The summed E-state index contributed by atoms with van der Waals surface area (Å²) in [7, 11) is 0. The number of ether oxygens (including phenoxy) is 1. The molecule has 0 aromatic heterocycles. The Kier molecular flexibility index (Phi) is 4.88. The van der Waals surface area contributed by atoms with E-state index in [1.165, 1.54) is 0 Å². The minimum absolute atomic E-state index is 0.0834. The number of carbonyl (C=O) groups is 1. The summed E-state index contributed by atoms with van der Waals surface area (Å²) in [5, 5.41) is 8.37. The van der Waals surface area contributed by atoms with Gasteiger partial charge in [0.05, 0.1) is 6.61 Å². The summed E-state index contributed by atoms with van der Waals surface area (Å²) < 4.78 is 4.58. The Hall–Kier alpha value is -0.610. The molecule has 10 heavy (non-hydrogen) atoms. The van der Waals surface area contributed by atoms with E-state index in [2.05, 4.69) is 4.74 Å². The molecule has 60 valence electrons. The fourth-order valence-corrected chi connectivity index (χ4v) is 0.506. The van der Waals surface area contributed by atoms with Crippen molar-refractivity contribution in [2.24, 2.45) is 5.73 Å². The van der Waals surface area contributed by atoms with Crippen LogP contribution in [-0.4, -0.2) is 30.3 Å². The fraction of sp³-hybridized carbons (Fsp3) is 0.833. The Morgan fingerprint density at radius 1 is 1.80 bits per heavy atom. The number of carbonyl (C=O) groups excluding carboxylic acids is 1. The van der Waals surface area contributed by atoms with E-state index >= 15 is 0 Å². The molecule has 0 aliphatic carbocycles. The number of rotatable bonds is 4. The minimum atomic E-state index is -0.676. The van der Waals surface area contributed by atoms with Crippen molar-refractivity contribution in [3.63, 3.8) is 0 Å². The van der Waals surface area contributed by atoms with Gasteiger partial charge in [-0.15, -0.1) is 0 Å². The maximum Gasteiger partial charge on any atom is 0.322 e. The number of nitrogens with two attached hydrogens (primary N) is 1. The molecule has 0 heterocycles. The van der Waals surface area contributed by atoms with Crippen LogP contribution in [-0.2, 0) is 9.53 Å². The van der Waals surface area contributed by atoms with Gasteiger partial charge in [-0.2, -0.15) is 0 Å². The molecule has 0 saturated heterocycles. The molecule has 0 fully saturated rings. The monoisotopic (exact) mass is 147 g/mol. The predicted octanol–water partition coefficient (Wildman–Crippen LogP) is -0.741. The molecule has 0 spiro atoms. The summed E-state index contributed by atoms with van der Waals surface area (Å²) in [5.41, 5.74) is 5.28. The Bertz CT molecular complexity index is 105. The van der Waals surface area contributed by atoms with E-state index < -0.39 is 12.0 Å². The van der Waals surface area contributed by atoms with Crippen molar-refractivity contribution >= 4 is 5.97 Å². The molecule has 0 amide bonds. The first-order valence-electron chi connectivity index (χ1n) is 3.25. The molecule has 4 nitrogen and oxygen atoms in total. The van der Waals surface area contributed by atoms with Crippen LogP contribution in [0.25, 0.3) is 0 Å². The van der Waals surface area contributed by atoms with Crippen LogP contribution in [0.5, 0.6) is 0 Å². The molecule has 1 atom stereocenters. The molecule has 0 saturated carbocycles. The lowest BCUT2D eigenvalue weighted by Gasteiger charge is -2.07. The van der Waals surface area contributed by atoms with Gasteiger partial charge in [0.1, 0.15) is 6.04 Å². The first-order valence-corrected chi connectivity index (χ1v) is 3.25. The Labute approximate surface area is 60.0 Å². The van der Waals surface area contributed by atoms with Crippen LogP contribution in [0.1, 0.15) is 13.3 Å². The zero-order valence-corrected chi connectivity index (χ0v) is 6.04. The van der Waals surface area contributed by atoms with Gasteiger partial charge < -0.3 is 15.6 Å². The van der Waals surface area contributed by atoms with E-state index in [4.69, 9.17) is 10.8 Å². The van der Waals surface area contributed by atoms with Gasteiger partial charge in [-0.3, -0.25) is 4.79 Å². The molecule has 0 rings (SSSR count). The molecular weight excluding hydrogens is 134 g/mol. The lowest BCUT2D eigenvalue weighted by Crippen LogP contribution is -2.33. The molecule has 0 aromatic carbocycles. The van der Waals surface area contributed by atoms with Gasteiger partial charge in [0.2, 0.25) is 0 Å². The second kappa shape index (κ2) is 5.20. The molecule has 0 aliphatic rings. The molecule has 4 heteroatoms. The molecule has 3 N–H and O–H groups in total. The second-order valence-electron chi connectivity index (χ2n) is 1.87. The standard InChI is InChI=1S/C6H13NO3/c1-2-10-6(9)5(7)3-4-8/h5,8H,2-4,7H2,1H3. The van der Waals surface area contributed by atoms with Crippen molar-refractivity contribution in [1.29, 1.82) is 0 Å². The van der Waals surface area contributed by atoms with Crippen molar-refractivity contribution in [2.75, 3.05) is 13.2 Å². The minimum Gasteiger partial charge on any atom is -0.465 e. The average molecular weight is 147 g/mol. The fourth-order valence-electron chi connectivity index (χ4n) is 0.506. The van der Waals surface area contributed by atoms with Gasteiger partial charge >= 0.3 is 5.97 Å². The third kappa shape index (κ3) is 3.42. The number of esters is 1. The zero-order valence-electron chi connectivity index (χ0n) is 6.04. The summed E-state index contributed by atoms with van der Waals surface area (Å²) in [5.74, 6) is -0.448. The summed E-state index contributed by atoms with van der Waals surface area (Å²) in [4.78, 5) is 10.7. The van der Waals surface area contributed by atoms with Gasteiger partial charge in [-0.25, -0.2) is 0 Å². The SMILES string of the molecule is CCOC(=O)C(N)CCO. The van der Waals surface area contributed by atoms with Crippen molar-refractivity contribution in [3.8, 4) is 0 Å². The summed E-state index contributed by atoms with van der Waals surface area (Å²) in [6, 6.07) is -0.676.